The van der Waals surface area contributed by atoms with Crippen molar-refractivity contribution in [3.8, 4) is 6.07 Å². The molecule has 1 N–H and O–H groups in total. The lowest BCUT2D eigenvalue weighted by atomic mass is 10.1. The largest absolute Gasteiger partial charge is 0.314 e. The summed E-state index contributed by atoms with van der Waals surface area (Å²) in [5.74, 6) is 0. The van der Waals surface area contributed by atoms with Gasteiger partial charge in [-0.2, -0.15) is 9.57 Å². The Labute approximate surface area is 142 Å². The van der Waals surface area contributed by atoms with Gasteiger partial charge in [-0.1, -0.05) is 24.9 Å². The van der Waals surface area contributed by atoms with Crippen LogP contribution in [0.1, 0.15) is 25.3 Å². The second-order valence-corrected chi connectivity index (χ2v) is 7.29. The Kier molecular flexibility index (Phi) is 7.10. The molecule has 1 saturated heterocycles. The molecule has 1 aliphatic rings. The van der Waals surface area contributed by atoms with Crippen molar-refractivity contribution in [2.75, 3.05) is 19.6 Å². The summed E-state index contributed by atoms with van der Waals surface area (Å²) >= 11 is 6.06. The third-order valence-corrected chi connectivity index (χ3v) is 6.00. The smallest absolute Gasteiger partial charge is 0.244 e. The molecular weight excluding hydrogens is 345 g/mol. The van der Waals surface area contributed by atoms with E-state index in [0.717, 1.165) is 12.8 Å². The van der Waals surface area contributed by atoms with Gasteiger partial charge in [-0.15, -0.1) is 12.4 Å². The standard InChI is InChI=1S/C14H18ClN3O2S.ClH/c1-2-3-12-10-17-6-7-18(12)21(19,20)14-5-4-11(9-16)8-13(14)15;/h4-5,8,12,17H,2-3,6-7,10H2,1H3;1H. The monoisotopic (exact) mass is 363 g/mol. The Hall–Kier alpha value is -0.840. The van der Waals surface area contributed by atoms with Gasteiger partial charge in [-0.25, -0.2) is 8.42 Å². The number of nitrogens with zero attached hydrogens (tertiary/aromatic N) is 2. The molecular formula is C14H19Cl2N3O2S. The molecule has 8 heteroatoms. The second-order valence-electron chi connectivity index (χ2n) is 5.02. The number of nitrogens with one attached hydrogen (secondary N) is 1. The number of sulfonamides is 1. The molecule has 1 aromatic carbocycles. The van der Waals surface area contributed by atoms with Gasteiger partial charge in [0, 0.05) is 25.7 Å². The van der Waals surface area contributed by atoms with Crippen LogP contribution in [-0.2, 0) is 10.0 Å². The van der Waals surface area contributed by atoms with Crippen LogP contribution in [0, 0.1) is 11.3 Å². The van der Waals surface area contributed by atoms with Gasteiger partial charge in [0.1, 0.15) is 4.90 Å². The fourth-order valence-electron chi connectivity index (χ4n) is 2.54. The van der Waals surface area contributed by atoms with E-state index in [0.29, 0.717) is 25.2 Å². The molecule has 122 valence electrons. The Morgan fingerprint density at radius 3 is 2.82 bits per heavy atom. The van der Waals surface area contributed by atoms with E-state index in [1.807, 2.05) is 13.0 Å². The zero-order valence-corrected chi connectivity index (χ0v) is 14.6. The molecule has 0 saturated carbocycles. The Morgan fingerprint density at radius 2 is 2.23 bits per heavy atom. The number of nitriles is 1. The maximum absolute atomic E-state index is 12.8. The summed E-state index contributed by atoms with van der Waals surface area (Å²) < 4.78 is 27.2. The highest BCUT2D eigenvalue weighted by molar-refractivity contribution is 7.89. The molecule has 1 aliphatic heterocycles. The van der Waals surface area contributed by atoms with Crippen LogP contribution in [-0.4, -0.2) is 38.4 Å². The molecule has 0 radical (unpaired) electrons. The first kappa shape index (κ1) is 19.2. The molecule has 5 nitrogen and oxygen atoms in total. The van der Waals surface area contributed by atoms with Crippen molar-refractivity contribution in [2.45, 2.75) is 30.7 Å². The number of piperazine rings is 1. The van der Waals surface area contributed by atoms with Gasteiger partial charge in [-0.05, 0) is 24.6 Å². The van der Waals surface area contributed by atoms with Crippen LogP contribution >= 0.6 is 24.0 Å². The number of benzene rings is 1. The maximum Gasteiger partial charge on any atom is 0.244 e. The fraction of sp³-hybridized carbons (Fsp3) is 0.500. The minimum atomic E-state index is -3.64. The molecule has 0 amide bonds. The van der Waals surface area contributed by atoms with Crippen molar-refractivity contribution in [2.24, 2.45) is 0 Å². The minimum absolute atomic E-state index is 0. The normalized spacial score (nSPS) is 19.2. The first-order chi connectivity index (χ1) is 10.0. The zero-order chi connectivity index (χ0) is 15.5. The number of hydrogen-bond donors (Lipinski definition) is 1. The van der Waals surface area contributed by atoms with E-state index in [4.69, 9.17) is 16.9 Å². The van der Waals surface area contributed by atoms with E-state index >= 15 is 0 Å². The summed E-state index contributed by atoms with van der Waals surface area (Å²) in [5.41, 5.74) is 0.351. The maximum atomic E-state index is 12.8. The predicted molar refractivity (Wildman–Crippen MR) is 88.9 cm³/mol. The van der Waals surface area contributed by atoms with Gasteiger partial charge in [0.05, 0.1) is 16.7 Å². The van der Waals surface area contributed by atoms with Crippen molar-refractivity contribution in [1.82, 2.24) is 9.62 Å². The van der Waals surface area contributed by atoms with Crippen LogP contribution in [0.15, 0.2) is 23.1 Å². The third-order valence-electron chi connectivity index (χ3n) is 3.57. The molecule has 1 fully saturated rings. The summed E-state index contributed by atoms with van der Waals surface area (Å²) in [4.78, 5) is 0.0752. The summed E-state index contributed by atoms with van der Waals surface area (Å²) in [6.07, 6.45) is 1.72. The summed E-state index contributed by atoms with van der Waals surface area (Å²) in [6.45, 7) is 3.76. The SMILES string of the molecule is CCCC1CNCCN1S(=O)(=O)c1ccc(C#N)cc1Cl.Cl. The summed E-state index contributed by atoms with van der Waals surface area (Å²) in [6, 6.07) is 6.19. The molecule has 1 heterocycles. The van der Waals surface area contributed by atoms with Gasteiger partial charge < -0.3 is 5.32 Å². The van der Waals surface area contributed by atoms with E-state index in [-0.39, 0.29) is 28.4 Å². The molecule has 0 aliphatic carbocycles. The van der Waals surface area contributed by atoms with E-state index in [9.17, 15) is 8.42 Å². The Balaban J connectivity index is 0.00000242. The lowest BCUT2D eigenvalue weighted by Crippen LogP contribution is -2.53. The van der Waals surface area contributed by atoms with Gasteiger partial charge >= 0.3 is 0 Å². The van der Waals surface area contributed by atoms with Crippen molar-refractivity contribution in [1.29, 1.82) is 5.26 Å². The second kappa shape index (κ2) is 8.14. The van der Waals surface area contributed by atoms with Crippen LogP contribution in [0.2, 0.25) is 5.02 Å². The molecule has 1 atom stereocenters. The van der Waals surface area contributed by atoms with Crippen molar-refractivity contribution in [3.05, 3.63) is 28.8 Å². The van der Waals surface area contributed by atoms with E-state index in [2.05, 4.69) is 5.32 Å². The van der Waals surface area contributed by atoms with E-state index < -0.39 is 10.0 Å². The average molecular weight is 364 g/mol. The Morgan fingerprint density at radius 1 is 1.50 bits per heavy atom. The van der Waals surface area contributed by atoms with Crippen LogP contribution in [0.25, 0.3) is 0 Å². The fourth-order valence-corrected chi connectivity index (χ4v) is 4.72. The number of hydrogen-bond acceptors (Lipinski definition) is 4. The molecule has 0 spiro atoms. The van der Waals surface area contributed by atoms with E-state index in [1.165, 1.54) is 22.5 Å². The van der Waals surface area contributed by atoms with Gasteiger partial charge in [0.2, 0.25) is 10.0 Å². The van der Waals surface area contributed by atoms with Crippen LogP contribution in [0.5, 0.6) is 0 Å². The predicted octanol–water partition coefficient (Wildman–Crippen LogP) is 2.40. The molecule has 0 aromatic heterocycles. The first-order valence-corrected chi connectivity index (χ1v) is 8.74. The highest BCUT2D eigenvalue weighted by atomic mass is 35.5. The highest BCUT2D eigenvalue weighted by Crippen LogP contribution is 2.28. The van der Waals surface area contributed by atoms with E-state index in [1.54, 1.807) is 0 Å². The minimum Gasteiger partial charge on any atom is -0.314 e. The first-order valence-electron chi connectivity index (χ1n) is 6.93. The summed E-state index contributed by atoms with van der Waals surface area (Å²) in [7, 11) is -3.64. The molecule has 22 heavy (non-hydrogen) atoms. The van der Waals surface area contributed by atoms with Gasteiger partial charge in [-0.3, -0.25) is 0 Å². The Bertz CT molecular complexity index is 657. The molecule has 1 unspecified atom stereocenters. The van der Waals surface area contributed by atoms with Crippen LogP contribution < -0.4 is 5.32 Å². The number of rotatable bonds is 4. The summed E-state index contributed by atoms with van der Waals surface area (Å²) in [5, 5.41) is 12.2. The quantitative estimate of drug-likeness (QED) is 0.891. The molecule has 0 bridgehead atoms. The molecule has 2 rings (SSSR count). The third kappa shape index (κ3) is 3.92. The highest BCUT2D eigenvalue weighted by Gasteiger charge is 2.34. The van der Waals surface area contributed by atoms with Crippen molar-refractivity contribution in [3.63, 3.8) is 0 Å². The van der Waals surface area contributed by atoms with Crippen molar-refractivity contribution >= 4 is 34.0 Å². The topological polar surface area (TPSA) is 73.2 Å². The lowest BCUT2D eigenvalue weighted by molar-refractivity contribution is 0.254. The molecule has 1 aromatic rings. The average Bonchev–Trinajstić information content (AvgIpc) is 2.47. The van der Waals surface area contributed by atoms with Crippen molar-refractivity contribution < 1.29 is 8.42 Å². The zero-order valence-electron chi connectivity index (χ0n) is 12.3. The van der Waals surface area contributed by atoms with Gasteiger partial charge in [0.25, 0.3) is 0 Å². The van der Waals surface area contributed by atoms with Crippen LogP contribution in [0.4, 0.5) is 0 Å². The number of halogens is 2. The lowest BCUT2D eigenvalue weighted by Gasteiger charge is -2.35. The van der Waals surface area contributed by atoms with Gasteiger partial charge in [0.15, 0.2) is 0 Å². The van der Waals surface area contributed by atoms with Crippen LogP contribution in [0.3, 0.4) is 0 Å².